The summed E-state index contributed by atoms with van der Waals surface area (Å²) in [6.07, 6.45) is 2.27. The molecular weight excluding hydrogens is 276 g/mol. The van der Waals surface area contributed by atoms with Crippen LogP contribution in [0.5, 0.6) is 0 Å². The highest BCUT2D eigenvalue weighted by molar-refractivity contribution is 6.31. The summed E-state index contributed by atoms with van der Waals surface area (Å²) in [5, 5.41) is 13.3. The molecule has 106 valence electrons. The van der Waals surface area contributed by atoms with Gasteiger partial charge in [0.05, 0.1) is 5.52 Å². The average molecular weight is 293 g/mol. The first kappa shape index (κ1) is 14.4. The van der Waals surface area contributed by atoms with Crippen molar-refractivity contribution >= 4 is 34.0 Å². The normalized spacial score (nSPS) is 11.8. The summed E-state index contributed by atoms with van der Waals surface area (Å²) in [5.41, 5.74) is 7.46. The van der Waals surface area contributed by atoms with Crippen LogP contribution in [0.15, 0.2) is 35.6 Å². The van der Waals surface area contributed by atoms with E-state index < -0.39 is 0 Å². The summed E-state index contributed by atoms with van der Waals surface area (Å²) in [6, 6.07) is 7.63. The molecule has 0 bridgehead atoms. The third kappa shape index (κ3) is 3.11. The fraction of sp³-hybridized carbons (Fsp3) is 0.286. The van der Waals surface area contributed by atoms with Gasteiger partial charge in [-0.15, -0.1) is 0 Å². The van der Waals surface area contributed by atoms with Crippen LogP contribution in [-0.4, -0.2) is 29.1 Å². The quantitative estimate of drug-likeness (QED) is 0.384. The Kier molecular flexibility index (Phi) is 4.63. The highest BCUT2D eigenvalue weighted by Gasteiger charge is 2.10. The Balaban J connectivity index is 2.34. The van der Waals surface area contributed by atoms with E-state index in [9.17, 15) is 0 Å². The van der Waals surface area contributed by atoms with Gasteiger partial charge in [-0.25, -0.2) is 0 Å². The van der Waals surface area contributed by atoms with Crippen LogP contribution in [0.4, 0.5) is 5.69 Å². The maximum atomic E-state index is 8.61. The second-order valence-electron chi connectivity index (χ2n) is 4.41. The summed E-state index contributed by atoms with van der Waals surface area (Å²) in [4.78, 5) is 6.49. The molecule has 0 saturated heterocycles. The molecule has 6 heteroatoms. The fourth-order valence-corrected chi connectivity index (χ4v) is 2.30. The zero-order valence-corrected chi connectivity index (χ0v) is 12.0. The lowest BCUT2D eigenvalue weighted by molar-refractivity contribution is 0.317. The summed E-state index contributed by atoms with van der Waals surface area (Å²) in [6.45, 7) is 3.56. The Morgan fingerprint density at radius 2 is 2.25 bits per heavy atom. The minimum absolute atomic E-state index is 0.227. The minimum atomic E-state index is 0.227. The SMILES string of the molecule is CCN(CCC(N)=NO)c1ccnc2cc(Cl)ccc12. The van der Waals surface area contributed by atoms with Crippen molar-refractivity contribution in [2.45, 2.75) is 13.3 Å². The molecule has 1 aromatic heterocycles. The van der Waals surface area contributed by atoms with E-state index in [1.54, 1.807) is 6.20 Å². The zero-order chi connectivity index (χ0) is 14.5. The van der Waals surface area contributed by atoms with Gasteiger partial charge in [0.25, 0.3) is 0 Å². The van der Waals surface area contributed by atoms with Crippen LogP contribution in [0, 0.1) is 0 Å². The van der Waals surface area contributed by atoms with Crippen LogP contribution in [0.2, 0.25) is 5.02 Å². The Morgan fingerprint density at radius 1 is 1.45 bits per heavy atom. The van der Waals surface area contributed by atoms with Crippen molar-refractivity contribution in [2.24, 2.45) is 10.9 Å². The lowest BCUT2D eigenvalue weighted by Gasteiger charge is -2.24. The highest BCUT2D eigenvalue weighted by atomic mass is 35.5. The maximum Gasteiger partial charge on any atom is 0.140 e. The molecule has 0 atom stereocenters. The van der Waals surface area contributed by atoms with Crippen molar-refractivity contribution in [1.82, 2.24) is 4.98 Å². The molecule has 0 aliphatic carbocycles. The molecule has 0 aliphatic rings. The van der Waals surface area contributed by atoms with E-state index >= 15 is 0 Å². The Bertz CT molecular complexity index is 630. The van der Waals surface area contributed by atoms with Crippen LogP contribution in [0.3, 0.4) is 0 Å². The number of pyridine rings is 1. The van der Waals surface area contributed by atoms with E-state index in [2.05, 4.69) is 22.0 Å². The van der Waals surface area contributed by atoms with Crippen LogP contribution >= 0.6 is 11.6 Å². The summed E-state index contributed by atoms with van der Waals surface area (Å²) >= 11 is 5.99. The minimum Gasteiger partial charge on any atom is -0.409 e. The van der Waals surface area contributed by atoms with E-state index in [0.29, 0.717) is 18.0 Å². The maximum absolute atomic E-state index is 8.61. The van der Waals surface area contributed by atoms with Gasteiger partial charge in [-0.3, -0.25) is 4.98 Å². The molecule has 0 spiro atoms. The number of halogens is 1. The third-order valence-electron chi connectivity index (χ3n) is 3.17. The molecule has 1 heterocycles. The summed E-state index contributed by atoms with van der Waals surface area (Å²) in [7, 11) is 0. The summed E-state index contributed by atoms with van der Waals surface area (Å²) < 4.78 is 0. The van der Waals surface area contributed by atoms with Gasteiger partial charge in [0, 0.05) is 41.8 Å². The molecule has 2 rings (SSSR count). The zero-order valence-electron chi connectivity index (χ0n) is 11.3. The number of hydrogen-bond acceptors (Lipinski definition) is 4. The number of benzene rings is 1. The lowest BCUT2D eigenvalue weighted by Crippen LogP contribution is -2.28. The number of oxime groups is 1. The van der Waals surface area contributed by atoms with Crippen molar-refractivity contribution in [1.29, 1.82) is 0 Å². The number of aromatic nitrogens is 1. The first-order valence-corrected chi connectivity index (χ1v) is 6.79. The number of anilines is 1. The Labute approximate surface area is 122 Å². The fourth-order valence-electron chi connectivity index (χ4n) is 2.13. The van der Waals surface area contributed by atoms with Crippen LogP contribution in [0.1, 0.15) is 13.3 Å². The molecule has 0 radical (unpaired) electrons. The molecule has 1 aromatic carbocycles. The third-order valence-corrected chi connectivity index (χ3v) is 3.41. The van der Waals surface area contributed by atoms with Gasteiger partial charge in [0.1, 0.15) is 5.84 Å². The smallest absolute Gasteiger partial charge is 0.140 e. The van der Waals surface area contributed by atoms with Crippen LogP contribution in [0.25, 0.3) is 10.9 Å². The molecular formula is C14H17ClN4O. The number of fused-ring (bicyclic) bond motifs is 1. The second-order valence-corrected chi connectivity index (χ2v) is 4.85. The Morgan fingerprint density at radius 3 is 2.95 bits per heavy atom. The molecule has 0 aliphatic heterocycles. The standard InChI is InChI=1S/C14H17ClN4O/c1-2-19(8-6-14(16)18-20)13-5-7-17-12-9-10(15)3-4-11(12)13/h3-5,7,9,20H,2,6,8H2,1H3,(H2,16,18). The molecule has 3 N–H and O–H groups in total. The van der Waals surface area contributed by atoms with Crippen molar-refractivity contribution in [2.75, 3.05) is 18.0 Å². The average Bonchev–Trinajstić information content (AvgIpc) is 2.47. The number of hydrogen-bond donors (Lipinski definition) is 2. The van der Waals surface area contributed by atoms with E-state index in [4.69, 9.17) is 22.5 Å². The predicted molar refractivity (Wildman–Crippen MR) is 82.7 cm³/mol. The van der Waals surface area contributed by atoms with Gasteiger partial charge < -0.3 is 15.8 Å². The van der Waals surface area contributed by atoms with E-state index in [1.807, 2.05) is 24.3 Å². The molecule has 20 heavy (non-hydrogen) atoms. The first-order chi connectivity index (χ1) is 9.65. The summed E-state index contributed by atoms with van der Waals surface area (Å²) in [5.74, 6) is 0.227. The Hall–Kier alpha value is -2.01. The molecule has 2 aromatic rings. The van der Waals surface area contributed by atoms with E-state index in [0.717, 1.165) is 23.1 Å². The molecule has 0 fully saturated rings. The van der Waals surface area contributed by atoms with Gasteiger partial charge in [-0.05, 0) is 31.2 Å². The number of rotatable bonds is 5. The van der Waals surface area contributed by atoms with Gasteiger partial charge in [-0.1, -0.05) is 16.8 Å². The van der Waals surface area contributed by atoms with Gasteiger partial charge >= 0.3 is 0 Å². The van der Waals surface area contributed by atoms with Crippen LogP contribution < -0.4 is 10.6 Å². The number of nitrogens with zero attached hydrogens (tertiary/aromatic N) is 3. The predicted octanol–water partition coefficient (Wildman–Crippen LogP) is 2.85. The molecule has 5 nitrogen and oxygen atoms in total. The lowest BCUT2D eigenvalue weighted by atomic mass is 10.1. The van der Waals surface area contributed by atoms with Gasteiger partial charge in [0.15, 0.2) is 0 Å². The number of amidine groups is 1. The van der Waals surface area contributed by atoms with E-state index in [-0.39, 0.29) is 5.84 Å². The second kappa shape index (κ2) is 6.43. The van der Waals surface area contributed by atoms with Gasteiger partial charge in [-0.2, -0.15) is 0 Å². The molecule has 0 unspecified atom stereocenters. The van der Waals surface area contributed by atoms with Crippen molar-refractivity contribution in [3.05, 3.63) is 35.5 Å². The monoisotopic (exact) mass is 292 g/mol. The first-order valence-electron chi connectivity index (χ1n) is 6.41. The molecule has 0 saturated carbocycles. The van der Waals surface area contributed by atoms with Crippen LogP contribution in [-0.2, 0) is 0 Å². The van der Waals surface area contributed by atoms with E-state index in [1.165, 1.54) is 0 Å². The largest absolute Gasteiger partial charge is 0.409 e. The van der Waals surface area contributed by atoms with Gasteiger partial charge in [0.2, 0.25) is 0 Å². The number of nitrogens with two attached hydrogens (primary N) is 1. The highest BCUT2D eigenvalue weighted by Crippen LogP contribution is 2.27. The van der Waals surface area contributed by atoms with Crippen molar-refractivity contribution in [3.8, 4) is 0 Å². The van der Waals surface area contributed by atoms with Crippen molar-refractivity contribution in [3.63, 3.8) is 0 Å². The van der Waals surface area contributed by atoms with Crippen molar-refractivity contribution < 1.29 is 5.21 Å². The topological polar surface area (TPSA) is 74.7 Å². The molecule has 0 amide bonds.